The van der Waals surface area contributed by atoms with E-state index in [2.05, 4.69) is 17.1 Å². The predicted molar refractivity (Wildman–Crippen MR) is 70.2 cm³/mol. The maximum Gasteiger partial charge on any atom is 0.0698 e. The van der Waals surface area contributed by atoms with Gasteiger partial charge in [0.2, 0.25) is 0 Å². The molecule has 17 heavy (non-hydrogen) atoms. The van der Waals surface area contributed by atoms with Crippen LogP contribution in [0.5, 0.6) is 0 Å². The number of hydrogen-bond acceptors (Lipinski definition) is 4. The van der Waals surface area contributed by atoms with Crippen molar-refractivity contribution in [3.05, 3.63) is 0 Å². The van der Waals surface area contributed by atoms with Crippen molar-refractivity contribution in [1.29, 1.82) is 0 Å². The molecule has 0 radical (unpaired) electrons. The molecule has 4 heteroatoms. The predicted octanol–water partition coefficient (Wildman–Crippen LogP) is 0.707. The molecular formula is C13H28N2O2. The van der Waals surface area contributed by atoms with Gasteiger partial charge in [0.1, 0.15) is 0 Å². The molecule has 0 spiro atoms. The van der Waals surface area contributed by atoms with Gasteiger partial charge in [-0.05, 0) is 44.8 Å². The van der Waals surface area contributed by atoms with Gasteiger partial charge in [-0.2, -0.15) is 0 Å². The highest BCUT2D eigenvalue weighted by Gasteiger charge is 2.16. The number of nitrogens with one attached hydrogen (secondary N) is 1. The normalized spacial score (nSPS) is 21.0. The smallest absolute Gasteiger partial charge is 0.0698 e. The van der Waals surface area contributed by atoms with Gasteiger partial charge in [0.25, 0.3) is 0 Å². The van der Waals surface area contributed by atoms with Crippen LogP contribution in [0.15, 0.2) is 0 Å². The topological polar surface area (TPSA) is 44.7 Å². The summed E-state index contributed by atoms with van der Waals surface area (Å²) in [5, 5.41) is 12.1. The summed E-state index contributed by atoms with van der Waals surface area (Å²) < 4.78 is 5.34. The van der Waals surface area contributed by atoms with Gasteiger partial charge >= 0.3 is 0 Å². The van der Waals surface area contributed by atoms with Crippen molar-refractivity contribution in [3.63, 3.8) is 0 Å². The van der Waals surface area contributed by atoms with Crippen LogP contribution in [0.1, 0.15) is 26.2 Å². The van der Waals surface area contributed by atoms with Gasteiger partial charge in [0.05, 0.1) is 19.8 Å². The lowest BCUT2D eigenvalue weighted by molar-refractivity contribution is 0.0688. The van der Waals surface area contributed by atoms with E-state index in [1.165, 1.54) is 32.4 Å². The number of piperidine rings is 1. The van der Waals surface area contributed by atoms with Gasteiger partial charge < -0.3 is 20.1 Å². The van der Waals surface area contributed by atoms with E-state index < -0.39 is 0 Å². The first-order chi connectivity index (χ1) is 8.36. The van der Waals surface area contributed by atoms with E-state index in [4.69, 9.17) is 9.84 Å². The van der Waals surface area contributed by atoms with Crippen molar-refractivity contribution >= 4 is 0 Å². The Morgan fingerprint density at radius 2 is 2.24 bits per heavy atom. The molecule has 1 aliphatic rings. The summed E-state index contributed by atoms with van der Waals surface area (Å²) in [6.07, 6.45) is 3.86. The van der Waals surface area contributed by atoms with Crippen LogP contribution in [0.25, 0.3) is 0 Å². The van der Waals surface area contributed by atoms with Crippen molar-refractivity contribution in [2.45, 2.75) is 26.2 Å². The Morgan fingerprint density at radius 3 is 2.88 bits per heavy atom. The molecule has 2 N–H and O–H groups in total. The standard InChI is InChI=1S/C13H28N2O2/c1-2-6-15(7-9-17-10-8-16)12-13-4-3-5-14-11-13/h13-14,16H,2-12H2,1H3. The van der Waals surface area contributed by atoms with E-state index in [1.807, 2.05) is 0 Å². The third-order valence-electron chi connectivity index (χ3n) is 3.24. The van der Waals surface area contributed by atoms with Crippen molar-refractivity contribution < 1.29 is 9.84 Å². The second kappa shape index (κ2) is 9.83. The zero-order valence-electron chi connectivity index (χ0n) is 11.2. The van der Waals surface area contributed by atoms with E-state index >= 15 is 0 Å². The molecule has 0 aromatic rings. The summed E-state index contributed by atoms with van der Waals surface area (Å²) >= 11 is 0. The molecular weight excluding hydrogens is 216 g/mol. The molecule has 0 amide bonds. The molecule has 0 aliphatic carbocycles. The summed E-state index contributed by atoms with van der Waals surface area (Å²) in [5.41, 5.74) is 0. The van der Waals surface area contributed by atoms with Crippen molar-refractivity contribution in [3.8, 4) is 0 Å². The molecule has 1 aliphatic heterocycles. The van der Waals surface area contributed by atoms with Gasteiger partial charge in [-0.25, -0.2) is 0 Å². The Labute approximate surface area is 105 Å². The average molecular weight is 244 g/mol. The molecule has 1 unspecified atom stereocenters. The zero-order chi connectivity index (χ0) is 12.3. The van der Waals surface area contributed by atoms with Crippen LogP contribution in [0.2, 0.25) is 0 Å². The van der Waals surface area contributed by atoms with Crippen LogP contribution in [0.3, 0.4) is 0 Å². The number of rotatable bonds is 9. The van der Waals surface area contributed by atoms with Crippen LogP contribution in [-0.4, -0.2) is 62.6 Å². The van der Waals surface area contributed by atoms with E-state index in [0.717, 1.165) is 32.2 Å². The molecule has 0 bridgehead atoms. The number of aliphatic hydroxyl groups is 1. The maximum atomic E-state index is 8.65. The summed E-state index contributed by atoms with van der Waals surface area (Å²) in [6, 6.07) is 0. The molecule has 4 nitrogen and oxygen atoms in total. The van der Waals surface area contributed by atoms with Crippen molar-refractivity contribution in [1.82, 2.24) is 10.2 Å². The minimum absolute atomic E-state index is 0.125. The Bertz CT molecular complexity index is 173. The fourth-order valence-corrected chi connectivity index (χ4v) is 2.42. The summed E-state index contributed by atoms with van der Waals surface area (Å²) in [6.45, 7) is 9.22. The first-order valence-electron chi connectivity index (χ1n) is 6.98. The fourth-order valence-electron chi connectivity index (χ4n) is 2.42. The molecule has 1 heterocycles. The maximum absolute atomic E-state index is 8.65. The van der Waals surface area contributed by atoms with Crippen LogP contribution >= 0.6 is 0 Å². The minimum Gasteiger partial charge on any atom is -0.394 e. The van der Waals surface area contributed by atoms with Crippen molar-refractivity contribution in [2.75, 3.05) is 52.5 Å². The highest BCUT2D eigenvalue weighted by molar-refractivity contribution is 4.72. The lowest BCUT2D eigenvalue weighted by atomic mass is 9.99. The van der Waals surface area contributed by atoms with Crippen LogP contribution < -0.4 is 5.32 Å². The lowest BCUT2D eigenvalue weighted by Crippen LogP contribution is -2.39. The summed E-state index contributed by atoms with van der Waals surface area (Å²) in [4.78, 5) is 2.50. The second-order valence-electron chi connectivity index (χ2n) is 4.85. The van der Waals surface area contributed by atoms with E-state index in [0.29, 0.717) is 6.61 Å². The quantitative estimate of drug-likeness (QED) is 0.586. The van der Waals surface area contributed by atoms with E-state index in [-0.39, 0.29) is 6.61 Å². The third-order valence-corrected chi connectivity index (χ3v) is 3.24. The number of hydrogen-bond donors (Lipinski definition) is 2. The number of nitrogens with zero attached hydrogens (tertiary/aromatic N) is 1. The Hall–Kier alpha value is -0.160. The Balaban J connectivity index is 2.16. The average Bonchev–Trinajstić information content (AvgIpc) is 2.36. The zero-order valence-corrected chi connectivity index (χ0v) is 11.2. The van der Waals surface area contributed by atoms with Gasteiger partial charge in [0.15, 0.2) is 0 Å². The molecule has 0 saturated carbocycles. The van der Waals surface area contributed by atoms with Gasteiger partial charge in [-0.1, -0.05) is 6.92 Å². The van der Waals surface area contributed by atoms with E-state index in [1.54, 1.807) is 0 Å². The van der Waals surface area contributed by atoms with Gasteiger partial charge in [0, 0.05) is 13.1 Å². The lowest BCUT2D eigenvalue weighted by Gasteiger charge is -2.29. The molecule has 1 rings (SSSR count). The van der Waals surface area contributed by atoms with Crippen LogP contribution in [0.4, 0.5) is 0 Å². The molecule has 1 saturated heterocycles. The van der Waals surface area contributed by atoms with Crippen LogP contribution in [-0.2, 0) is 4.74 Å². The minimum atomic E-state index is 0.125. The third kappa shape index (κ3) is 6.99. The monoisotopic (exact) mass is 244 g/mol. The first-order valence-corrected chi connectivity index (χ1v) is 6.98. The first kappa shape index (κ1) is 14.9. The highest BCUT2D eigenvalue weighted by Crippen LogP contribution is 2.11. The highest BCUT2D eigenvalue weighted by atomic mass is 16.5. The summed E-state index contributed by atoms with van der Waals surface area (Å²) in [5.74, 6) is 0.799. The van der Waals surface area contributed by atoms with Gasteiger partial charge in [-0.15, -0.1) is 0 Å². The summed E-state index contributed by atoms with van der Waals surface area (Å²) in [7, 11) is 0. The Morgan fingerprint density at radius 1 is 1.35 bits per heavy atom. The second-order valence-corrected chi connectivity index (χ2v) is 4.85. The molecule has 0 aromatic carbocycles. The number of aliphatic hydroxyl groups excluding tert-OH is 1. The van der Waals surface area contributed by atoms with Crippen molar-refractivity contribution in [2.24, 2.45) is 5.92 Å². The fraction of sp³-hybridized carbons (Fsp3) is 1.00. The molecule has 0 aromatic heterocycles. The molecule has 1 fully saturated rings. The molecule has 1 atom stereocenters. The van der Waals surface area contributed by atoms with Gasteiger partial charge in [-0.3, -0.25) is 0 Å². The van der Waals surface area contributed by atoms with E-state index in [9.17, 15) is 0 Å². The molecule has 102 valence electrons. The Kier molecular flexibility index (Phi) is 8.61. The SMILES string of the molecule is CCCN(CCOCCO)CC1CCCNC1. The largest absolute Gasteiger partial charge is 0.394 e. The van der Waals surface area contributed by atoms with Crippen LogP contribution in [0, 0.1) is 5.92 Å². The number of ether oxygens (including phenoxy) is 1.